The van der Waals surface area contributed by atoms with Crippen molar-refractivity contribution in [3.8, 4) is 11.4 Å². The van der Waals surface area contributed by atoms with Crippen LogP contribution in [0.1, 0.15) is 16.9 Å². The summed E-state index contributed by atoms with van der Waals surface area (Å²) in [4.78, 5) is 0. The van der Waals surface area contributed by atoms with E-state index in [2.05, 4.69) is 10.2 Å². The van der Waals surface area contributed by atoms with Crippen LogP contribution in [-0.2, 0) is 19.0 Å². The van der Waals surface area contributed by atoms with Gasteiger partial charge in [0.2, 0.25) is 0 Å². The number of thioether (sulfide) groups is 1. The summed E-state index contributed by atoms with van der Waals surface area (Å²) in [6.07, 6.45) is -2.76. The van der Waals surface area contributed by atoms with Crippen molar-refractivity contribution in [1.29, 1.82) is 0 Å². The summed E-state index contributed by atoms with van der Waals surface area (Å²) in [5, 5.41) is 8.88. The molecule has 8 heteroatoms. The number of aryl methyl sites for hydroxylation is 1. The molecule has 0 atom stereocenters. The molecule has 0 radical (unpaired) electrons. The second kappa shape index (κ2) is 6.35. The van der Waals surface area contributed by atoms with Gasteiger partial charge in [-0.1, -0.05) is 30.0 Å². The molecule has 3 aromatic rings. The minimum absolute atomic E-state index is 0.375. The van der Waals surface area contributed by atoms with Crippen LogP contribution in [-0.4, -0.2) is 14.8 Å². The van der Waals surface area contributed by atoms with Crippen molar-refractivity contribution < 1.29 is 17.6 Å². The molecule has 0 N–H and O–H groups in total. The van der Waals surface area contributed by atoms with Crippen LogP contribution in [0.2, 0.25) is 0 Å². The standard InChI is InChI=1S/C16H14F3N3OS/c1-10-13(6-7-23-10)14-20-21-15(22(14)2)24-9-11-4-3-5-12(8-11)16(17,18)19/h3-8H,9H2,1-2H3. The van der Waals surface area contributed by atoms with E-state index >= 15 is 0 Å². The minimum atomic E-state index is -4.34. The molecular formula is C16H14F3N3OS. The van der Waals surface area contributed by atoms with Gasteiger partial charge in [0, 0.05) is 12.8 Å². The molecule has 2 aromatic heterocycles. The van der Waals surface area contributed by atoms with E-state index in [1.807, 2.05) is 14.0 Å². The number of furan rings is 1. The molecule has 0 saturated carbocycles. The Labute approximate surface area is 140 Å². The van der Waals surface area contributed by atoms with Crippen molar-refractivity contribution >= 4 is 11.8 Å². The van der Waals surface area contributed by atoms with Gasteiger partial charge in [-0.3, -0.25) is 0 Å². The fourth-order valence-electron chi connectivity index (χ4n) is 2.28. The highest BCUT2D eigenvalue weighted by Gasteiger charge is 2.30. The maximum atomic E-state index is 12.8. The van der Waals surface area contributed by atoms with Crippen LogP contribution >= 0.6 is 11.8 Å². The zero-order valence-electron chi connectivity index (χ0n) is 13.0. The van der Waals surface area contributed by atoms with Crippen LogP contribution in [0.3, 0.4) is 0 Å². The van der Waals surface area contributed by atoms with Gasteiger partial charge >= 0.3 is 6.18 Å². The molecule has 1 aromatic carbocycles. The minimum Gasteiger partial charge on any atom is -0.469 e. The maximum Gasteiger partial charge on any atom is 0.416 e. The predicted octanol–water partition coefficient (Wildman–Crippen LogP) is 4.69. The number of alkyl halides is 3. The van der Waals surface area contributed by atoms with Crippen molar-refractivity contribution in [3.05, 3.63) is 53.5 Å². The van der Waals surface area contributed by atoms with Gasteiger partial charge in [-0.25, -0.2) is 0 Å². The summed E-state index contributed by atoms with van der Waals surface area (Å²) in [6, 6.07) is 7.11. The molecule has 0 fully saturated rings. The Morgan fingerprint density at radius 3 is 2.67 bits per heavy atom. The third kappa shape index (κ3) is 3.33. The van der Waals surface area contributed by atoms with Gasteiger partial charge < -0.3 is 8.98 Å². The first-order chi connectivity index (χ1) is 11.4. The molecule has 0 unspecified atom stereocenters. The van der Waals surface area contributed by atoms with Crippen molar-refractivity contribution in [2.45, 2.75) is 24.0 Å². The van der Waals surface area contributed by atoms with Crippen LogP contribution in [0.4, 0.5) is 13.2 Å². The summed E-state index contributed by atoms with van der Waals surface area (Å²) in [5.41, 5.74) is 0.781. The second-order valence-corrected chi connectivity index (χ2v) is 6.18. The van der Waals surface area contributed by atoms with E-state index in [1.54, 1.807) is 23.0 Å². The molecular weight excluding hydrogens is 339 g/mol. The molecule has 126 valence electrons. The van der Waals surface area contributed by atoms with Crippen LogP contribution in [0.15, 0.2) is 46.2 Å². The lowest BCUT2D eigenvalue weighted by molar-refractivity contribution is -0.137. The summed E-state index contributed by atoms with van der Waals surface area (Å²) in [7, 11) is 1.82. The molecule has 0 saturated heterocycles. The van der Waals surface area contributed by atoms with Gasteiger partial charge in [-0.15, -0.1) is 10.2 Å². The van der Waals surface area contributed by atoms with Gasteiger partial charge in [0.15, 0.2) is 11.0 Å². The Morgan fingerprint density at radius 1 is 1.21 bits per heavy atom. The Kier molecular flexibility index (Phi) is 4.40. The third-order valence-corrected chi connectivity index (χ3v) is 4.65. The van der Waals surface area contributed by atoms with Crippen molar-refractivity contribution in [1.82, 2.24) is 14.8 Å². The fraction of sp³-hybridized carbons (Fsp3) is 0.250. The third-order valence-electron chi connectivity index (χ3n) is 3.56. The van der Waals surface area contributed by atoms with E-state index in [0.29, 0.717) is 22.3 Å². The Bertz CT molecular complexity index is 854. The largest absolute Gasteiger partial charge is 0.469 e. The van der Waals surface area contributed by atoms with Gasteiger partial charge in [0.1, 0.15) is 5.76 Å². The van der Waals surface area contributed by atoms with E-state index in [4.69, 9.17) is 4.42 Å². The van der Waals surface area contributed by atoms with Crippen LogP contribution in [0.5, 0.6) is 0 Å². The first-order valence-corrected chi connectivity index (χ1v) is 8.07. The number of hydrogen-bond acceptors (Lipinski definition) is 4. The van der Waals surface area contributed by atoms with Crippen LogP contribution in [0, 0.1) is 6.92 Å². The molecule has 24 heavy (non-hydrogen) atoms. The number of rotatable bonds is 4. The highest BCUT2D eigenvalue weighted by atomic mass is 32.2. The number of halogens is 3. The number of nitrogens with zero attached hydrogens (tertiary/aromatic N) is 3. The molecule has 0 aliphatic rings. The lowest BCUT2D eigenvalue weighted by Gasteiger charge is -2.08. The van der Waals surface area contributed by atoms with E-state index in [1.165, 1.54) is 17.8 Å². The highest BCUT2D eigenvalue weighted by molar-refractivity contribution is 7.98. The van der Waals surface area contributed by atoms with E-state index < -0.39 is 11.7 Å². The van der Waals surface area contributed by atoms with Gasteiger partial charge in [0.05, 0.1) is 17.4 Å². The molecule has 4 nitrogen and oxygen atoms in total. The molecule has 0 bridgehead atoms. The predicted molar refractivity (Wildman–Crippen MR) is 84.4 cm³/mol. The number of aromatic nitrogens is 3. The quantitative estimate of drug-likeness (QED) is 0.638. The fourth-order valence-corrected chi connectivity index (χ4v) is 3.13. The highest BCUT2D eigenvalue weighted by Crippen LogP contribution is 2.31. The van der Waals surface area contributed by atoms with E-state index in [-0.39, 0.29) is 0 Å². The molecule has 3 rings (SSSR count). The molecule has 0 aliphatic carbocycles. The SMILES string of the molecule is Cc1occc1-c1nnc(SCc2cccc(C(F)(F)F)c2)n1C. The molecule has 2 heterocycles. The summed E-state index contributed by atoms with van der Waals surface area (Å²) < 4.78 is 45.3. The van der Waals surface area contributed by atoms with Crippen LogP contribution < -0.4 is 0 Å². The number of hydrogen-bond donors (Lipinski definition) is 0. The van der Waals surface area contributed by atoms with Crippen molar-refractivity contribution in [3.63, 3.8) is 0 Å². The van der Waals surface area contributed by atoms with Gasteiger partial charge in [-0.2, -0.15) is 13.2 Å². The normalized spacial score (nSPS) is 11.9. The van der Waals surface area contributed by atoms with Crippen molar-refractivity contribution in [2.24, 2.45) is 7.05 Å². The van der Waals surface area contributed by atoms with Crippen molar-refractivity contribution in [2.75, 3.05) is 0 Å². The first kappa shape index (κ1) is 16.6. The second-order valence-electron chi connectivity index (χ2n) is 5.24. The summed E-state index contributed by atoms with van der Waals surface area (Å²) >= 11 is 1.33. The first-order valence-electron chi connectivity index (χ1n) is 7.09. The van der Waals surface area contributed by atoms with E-state index in [0.717, 1.165) is 23.5 Å². The Morgan fingerprint density at radius 2 is 2.00 bits per heavy atom. The average molecular weight is 353 g/mol. The zero-order chi connectivity index (χ0) is 17.3. The summed E-state index contributed by atoms with van der Waals surface area (Å²) in [6.45, 7) is 1.83. The Hall–Kier alpha value is -2.22. The smallest absolute Gasteiger partial charge is 0.416 e. The lowest BCUT2D eigenvalue weighted by Crippen LogP contribution is -2.05. The molecule has 0 spiro atoms. The van der Waals surface area contributed by atoms with Gasteiger partial charge in [0.25, 0.3) is 0 Å². The summed E-state index contributed by atoms with van der Waals surface area (Å²) in [5.74, 6) is 1.77. The van der Waals surface area contributed by atoms with Gasteiger partial charge in [-0.05, 0) is 24.6 Å². The Balaban J connectivity index is 1.77. The molecule has 0 aliphatic heterocycles. The average Bonchev–Trinajstić information content (AvgIpc) is 3.10. The lowest BCUT2D eigenvalue weighted by atomic mass is 10.1. The molecule has 0 amide bonds. The zero-order valence-corrected chi connectivity index (χ0v) is 13.8. The number of benzene rings is 1. The van der Waals surface area contributed by atoms with Crippen LogP contribution in [0.25, 0.3) is 11.4 Å². The topological polar surface area (TPSA) is 43.9 Å². The maximum absolute atomic E-state index is 12.8. The monoisotopic (exact) mass is 353 g/mol. The van der Waals surface area contributed by atoms with E-state index in [9.17, 15) is 13.2 Å².